The maximum absolute atomic E-state index is 12.4. The number of hydrogen-bond acceptors (Lipinski definition) is 6. The Balaban J connectivity index is 1.64. The summed E-state index contributed by atoms with van der Waals surface area (Å²) in [6, 6.07) is 13.0. The molecule has 0 radical (unpaired) electrons. The molecule has 0 fully saturated rings. The molecule has 1 aliphatic rings. The minimum atomic E-state index is -0.428. The lowest BCUT2D eigenvalue weighted by molar-refractivity contribution is -0.141. The number of hydrogen-bond donors (Lipinski definition) is 0. The Morgan fingerprint density at radius 3 is 2.89 bits per heavy atom. The first kappa shape index (κ1) is 18.0. The van der Waals surface area contributed by atoms with Crippen molar-refractivity contribution < 1.29 is 23.8 Å². The van der Waals surface area contributed by atoms with E-state index in [4.69, 9.17) is 14.2 Å². The molecule has 0 spiro atoms. The number of rotatable bonds is 4. The number of ether oxygens (including phenoxy) is 3. The summed E-state index contributed by atoms with van der Waals surface area (Å²) in [6.07, 6.45) is 3.04. The lowest BCUT2D eigenvalue weighted by Crippen LogP contribution is -2.22. The quantitative estimate of drug-likeness (QED) is 0.501. The van der Waals surface area contributed by atoms with Gasteiger partial charge in [0.25, 0.3) is 5.91 Å². The molecule has 0 saturated heterocycles. The van der Waals surface area contributed by atoms with Gasteiger partial charge in [-0.25, -0.2) is 0 Å². The molecule has 4 rings (SSSR count). The van der Waals surface area contributed by atoms with Gasteiger partial charge in [-0.2, -0.15) is 4.99 Å². The highest BCUT2D eigenvalue weighted by atomic mass is 32.1. The predicted molar refractivity (Wildman–Crippen MR) is 104 cm³/mol. The number of para-hydroxylation sites is 1. The molecule has 0 N–H and O–H groups in total. The largest absolute Gasteiger partial charge is 0.468 e. The van der Waals surface area contributed by atoms with Gasteiger partial charge in [0.05, 0.1) is 17.3 Å². The normalized spacial score (nSPS) is 13.4. The number of aromatic nitrogens is 1. The average molecular weight is 396 g/mol. The maximum Gasteiger partial charge on any atom is 0.325 e. The molecule has 3 aromatic rings. The summed E-state index contributed by atoms with van der Waals surface area (Å²) < 4.78 is 18.0. The highest BCUT2D eigenvalue weighted by Gasteiger charge is 2.13. The van der Waals surface area contributed by atoms with Gasteiger partial charge in [-0.05, 0) is 35.9 Å². The van der Waals surface area contributed by atoms with Crippen molar-refractivity contribution in [3.63, 3.8) is 0 Å². The lowest BCUT2D eigenvalue weighted by atomic mass is 10.2. The number of fused-ring (bicyclic) bond motifs is 2. The van der Waals surface area contributed by atoms with E-state index in [9.17, 15) is 9.59 Å². The Morgan fingerprint density at radius 1 is 1.21 bits per heavy atom. The molecule has 2 aromatic carbocycles. The number of carbonyl (C=O) groups is 2. The summed E-state index contributed by atoms with van der Waals surface area (Å²) in [5, 5.41) is 0. The summed E-state index contributed by atoms with van der Waals surface area (Å²) >= 11 is 1.34. The Kier molecular flexibility index (Phi) is 4.94. The standard InChI is InChI=1S/C20H16N2O5S/c1-25-19(24)11-22-14-4-2-3-5-17(14)28-20(22)21-18(23)9-7-13-6-8-15-16(10-13)27-12-26-15/h2-10H,11-12H2,1H3/b9-7-,21-20?. The molecule has 28 heavy (non-hydrogen) atoms. The fourth-order valence-electron chi connectivity index (χ4n) is 2.77. The van der Waals surface area contributed by atoms with Gasteiger partial charge in [0.15, 0.2) is 16.3 Å². The topological polar surface area (TPSA) is 79.1 Å². The molecule has 142 valence electrons. The minimum absolute atomic E-state index is 0.0154. The van der Waals surface area contributed by atoms with Crippen molar-refractivity contribution in [2.75, 3.05) is 13.9 Å². The first-order valence-electron chi connectivity index (χ1n) is 8.45. The van der Waals surface area contributed by atoms with Crippen molar-refractivity contribution in [2.45, 2.75) is 6.54 Å². The van der Waals surface area contributed by atoms with E-state index in [1.54, 1.807) is 22.8 Å². The van der Waals surface area contributed by atoms with Crippen LogP contribution in [-0.2, 0) is 20.9 Å². The van der Waals surface area contributed by atoms with Gasteiger partial charge in [0.2, 0.25) is 6.79 Å². The number of thiazole rings is 1. The average Bonchev–Trinajstić information content (AvgIpc) is 3.30. The number of carbonyl (C=O) groups excluding carboxylic acids is 2. The van der Waals surface area contributed by atoms with Crippen LogP contribution < -0.4 is 14.3 Å². The van der Waals surface area contributed by atoms with Gasteiger partial charge in [0.1, 0.15) is 6.54 Å². The number of benzene rings is 2. The molecule has 0 bridgehead atoms. The van der Waals surface area contributed by atoms with E-state index in [1.807, 2.05) is 30.3 Å². The molecule has 0 unspecified atom stereocenters. The summed E-state index contributed by atoms with van der Waals surface area (Å²) in [5.74, 6) is 0.491. The monoisotopic (exact) mass is 396 g/mol. The van der Waals surface area contributed by atoms with Crippen LogP contribution in [0.3, 0.4) is 0 Å². The third-order valence-corrected chi connectivity index (χ3v) is 5.18. The van der Waals surface area contributed by atoms with Crippen molar-refractivity contribution in [2.24, 2.45) is 4.99 Å². The highest BCUT2D eigenvalue weighted by molar-refractivity contribution is 7.16. The highest BCUT2D eigenvalue weighted by Crippen LogP contribution is 2.32. The molecule has 1 aromatic heterocycles. The van der Waals surface area contributed by atoms with Gasteiger partial charge in [-0.3, -0.25) is 9.59 Å². The zero-order valence-corrected chi connectivity index (χ0v) is 15.8. The van der Waals surface area contributed by atoms with Crippen molar-refractivity contribution in [1.82, 2.24) is 4.57 Å². The SMILES string of the molecule is COC(=O)Cn1c(=NC(=O)/C=C\c2ccc3c(c2)OCO3)sc2ccccc21. The van der Waals surface area contributed by atoms with Crippen molar-refractivity contribution >= 4 is 39.5 Å². The number of nitrogens with zero attached hydrogens (tertiary/aromatic N) is 2. The van der Waals surface area contributed by atoms with Gasteiger partial charge in [0, 0.05) is 6.08 Å². The van der Waals surface area contributed by atoms with E-state index < -0.39 is 11.9 Å². The van der Waals surface area contributed by atoms with Crippen molar-refractivity contribution in [3.8, 4) is 11.5 Å². The Morgan fingerprint density at radius 2 is 2.04 bits per heavy atom. The van der Waals surface area contributed by atoms with E-state index in [0.717, 1.165) is 15.8 Å². The third kappa shape index (κ3) is 3.67. The fraction of sp³-hybridized carbons (Fsp3) is 0.150. The number of amides is 1. The summed E-state index contributed by atoms with van der Waals surface area (Å²) in [5.41, 5.74) is 1.62. The van der Waals surface area contributed by atoms with E-state index >= 15 is 0 Å². The third-order valence-electron chi connectivity index (χ3n) is 4.12. The molecule has 7 nitrogen and oxygen atoms in total. The molecule has 0 saturated carbocycles. The van der Waals surface area contributed by atoms with Crippen LogP contribution in [0.25, 0.3) is 16.3 Å². The van der Waals surface area contributed by atoms with Crippen LogP contribution in [0.2, 0.25) is 0 Å². The van der Waals surface area contributed by atoms with Crippen LogP contribution in [-0.4, -0.2) is 30.3 Å². The van der Waals surface area contributed by atoms with Crippen LogP contribution >= 0.6 is 11.3 Å². The first-order chi connectivity index (χ1) is 13.6. The molecular formula is C20H16N2O5S. The Bertz CT molecular complexity index is 1160. The second kappa shape index (κ2) is 7.69. The smallest absolute Gasteiger partial charge is 0.325 e. The molecule has 0 aliphatic carbocycles. The van der Waals surface area contributed by atoms with Crippen LogP contribution in [0, 0.1) is 0 Å². The number of methoxy groups -OCH3 is 1. The van der Waals surface area contributed by atoms with Crippen molar-refractivity contribution in [3.05, 3.63) is 58.9 Å². The summed E-state index contributed by atoms with van der Waals surface area (Å²) in [4.78, 5) is 28.7. The Labute approximate surface area is 164 Å². The second-order valence-corrected chi connectivity index (χ2v) is 6.92. The van der Waals surface area contributed by atoms with Crippen molar-refractivity contribution in [1.29, 1.82) is 0 Å². The van der Waals surface area contributed by atoms with Gasteiger partial charge < -0.3 is 18.8 Å². The van der Waals surface area contributed by atoms with E-state index in [-0.39, 0.29) is 13.3 Å². The minimum Gasteiger partial charge on any atom is -0.468 e. The predicted octanol–water partition coefficient (Wildman–Crippen LogP) is 2.75. The van der Waals surface area contributed by atoms with E-state index in [0.29, 0.717) is 16.3 Å². The maximum atomic E-state index is 12.4. The molecular weight excluding hydrogens is 380 g/mol. The van der Waals surface area contributed by atoms with E-state index in [1.165, 1.54) is 24.5 Å². The molecule has 1 aliphatic heterocycles. The molecule has 0 atom stereocenters. The summed E-state index contributed by atoms with van der Waals surface area (Å²) in [6.45, 7) is 0.182. The molecule has 1 amide bonds. The molecule has 2 heterocycles. The van der Waals surface area contributed by atoms with Gasteiger partial charge in [-0.1, -0.05) is 29.5 Å². The van der Waals surface area contributed by atoms with E-state index in [2.05, 4.69) is 4.99 Å². The molecule has 8 heteroatoms. The van der Waals surface area contributed by atoms with Crippen LogP contribution in [0.15, 0.2) is 53.5 Å². The first-order valence-corrected chi connectivity index (χ1v) is 9.27. The second-order valence-electron chi connectivity index (χ2n) is 5.91. The van der Waals surface area contributed by atoms with Crippen LogP contribution in [0.1, 0.15) is 5.56 Å². The van der Waals surface area contributed by atoms with Crippen LogP contribution in [0.4, 0.5) is 0 Å². The summed E-state index contributed by atoms with van der Waals surface area (Å²) in [7, 11) is 1.33. The van der Waals surface area contributed by atoms with Gasteiger partial charge in [-0.15, -0.1) is 0 Å². The zero-order valence-electron chi connectivity index (χ0n) is 15.0. The lowest BCUT2D eigenvalue weighted by Gasteiger charge is -2.02. The zero-order chi connectivity index (χ0) is 19.5. The van der Waals surface area contributed by atoms with Gasteiger partial charge >= 0.3 is 5.97 Å². The fourth-order valence-corrected chi connectivity index (χ4v) is 3.80. The number of esters is 1. The van der Waals surface area contributed by atoms with Crippen LogP contribution in [0.5, 0.6) is 11.5 Å². The Hall–Kier alpha value is -3.39.